The van der Waals surface area contributed by atoms with Gasteiger partial charge in [0.25, 0.3) is 0 Å². The van der Waals surface area contributed by atoms with Crippen LogP contribution >= 0.6 is 11.6 Å². The lowest BCUT2D eigenvalue weighted by Gasteiger charge is -2.14. The summed E-state index contributed by atoms with van der Waals surface area (Å²) in [6, 6.07) is 9.31. The van der Waals surface area contributed by atoms with Crippen molar-refractivity contribution < 1.29 is 4.74 Å². The van der Waals surface area contributed by atoms with E-state index in [0.717, 1.165) is 5.56 Å². The average molecular weight is 210 g/mol. The molecular weight excluding hydrogens is 198 g/mol. The van der Waals surface area contributed by atoms with Gasteiger partial charge in [-0.2, -0.15) is 5.26 Å². The van der Waals surface area contributed by atoms with Crippen LogP contribution in [0, 0.1) is 11.3 Å². The fourth-order valence-corrected chi connectivity index (χ4v) is 1.37. The van der Waals surface area contributed by atoms with Gasteiger partial charge in [0.05, 0.1) is 12.2 Å². The molecule has 1 atom stereocenters. The largest absolute Gasteiger partial charge is 0.356 e. The Morgan fingerprint density at radius 2 is 2.00 bits per heavy atom. The Morgan fingerprint density at radius 1 is 1.36 bits per heavy atom. The molecule has 2 nitrogen and oxygen atoms in total. The molecule has 0 bridgehead atoms. The van der Waals surface area contributed by atoms with E-state index in [0.29, 0.717) is 5.02 Å². The molecule has 0 radical (unpaired) electrons. The van der Waals surface area contributed by atoms with Crippen LogP contribution in [-0.2, 0) is 4.74 Å². The van der Waals surface area contributed by atoms with Crippen molar-refractivity contribution >= 4 is 11.6 Å². The third-order valence-corrected chi connectivity index (χ3v) is 2.06. The number of benzene rings is 1. The van der Waals surface area contributed by atoms with Gasteiger partial charge in [-0.1, -0.05) is 29.8 Å². The van der Waals surface area contributed by atoms with Crippen molar-refractivity contribution in [2.75, 3.05) is 0 Å². The topological polar surface area (TPSA) is 33.0 Å². The van der Waals surface area contributed by atoms with Crippen molar-refractivity contribution in [2.24, 2.45) is 0 Å². The number of hydrogen-bond donors (Lipinski definition) is 0. The Labute approximate surface area is 89.1 Å². The maximum atomic E-state index is 8.92. The average Bonchev–Trinajstić information content (AvgIpc) is 2.15. The normalized spacial score (nSPS) is 12.5. The van der Waals surface area contributed by atoms with E-state index < -0.39 is 6.10 Å². The van der Waals surface area contributed by atoms with Crippen molar-refractivity contribution in [3.63, 3.8) is 0 Å². The molecule has 1 unspecified atom stereocenters. The molecule has 1 aromatic rings. The Bertz CT molecular complexity index is 343. The third kappa shape index (κ3) is 2.73. The highest BCUT2D eigenvalue weighted by molar-refractivity contribution is 6.31. The predicted molar refractivity (Wildman–Crippen MR) is 56.0 cm³/mol. The first-order valence-corrected chi connectivity index (χ1v) is 4.82. The van der Waals surface area contributed by atoms with E-state index in [2.05, 4.69) is 6.07 Å². The van der Waals surface area contributed by atoms with Crippen molar-refractivity contribution in [1.29, 1.82) is 5.26 Å². The molecule has 0 saturated carbocycles. The first-order valence-electron chi connectivity index (χ1n) is 4.44. The van der Waals surface area contributed by atoms with Crippen molar-refractivity contribution in [3.05, 3.63) is 34.9 Å². The lowest BCUT2D eigenvalue weighted by Crippen LogP contribution is -2.09. The summed E-state index contributed by atoms with van der Waals surface area (Å²) in [5.41, 5.74) is 0.727. The summed E-state index contributed by atoms with van der Waals surface area (Å²) in [7, 11) is 0. The second-order valence-electron chi connectivity index (χ2n) is 3.22. The first-order chi connectivity index (χ1) is 6.65. The fourth-order valence-electron chi connectivity index (χ4n) is 1.13. The van der Waals surface area contributed by atoms with Gasteiger partial charge in [-0.05, 0) is 19.9 Å². The van der Waals surface area contributed by atoms with Crippen LogP contribution in [0.2, 0.25) is 5.02 Å². The van der Waals surface area contributed by atoms with E-state index in [4.69, 9.17) is 21.6 Å². The summed E-state index contributed by atoms with van der Waals surface area (Å²) in [6.45, 7) is 3.78. The maximum absolute atomic E-state index is 8.92. The lowest BCUT2D eigenvalue weighted by atomic mass is 10.1. The monoisotopic (exact) mass is 209 g/mol. The van der Waals surface area contributed by atoms with Gasteiger partial charge < -0.3 is 4.74 Å². The Hall–Kier alpha value is -1.04. The van der Waals surface area contributed by atoms with Gasteiger partial charge in [-0.15, -0.1) is 0 Å². The molecule has 0 aromatic heterocycles. The number of hydrogen-bond acceptors (Lipinski definition) is 2. The summed E-state index contributed by atoms with van der Waals surface area (Å²) in [4.78, 5) is 0. The number of nitrogens with zero attached hydrogens (tertiary/aromatic N) is 1. The van der Waals surface area contributed by atoms with E-state index in [1.807, 2.05) is 26.0 Å². The highest BCUT2D eigenvalue weighted by Gasteiger charge is 2.15. The fraction of sp³-hybridized carbons (Fsp3) is 0.364. The lowest BCUT2D eigenvalue weighted by molar-refractivity contribution is 0.0392. The predicted octanol–water partition coefficient (Wildman–Crippen LogP) is 3.33. The van der Waals surface area contributed by atoms with Crippen LogP contribution < -0.4 is 0 Å². The maximum Gasteiger partial charge on any atom is 0.170 e. The molecule has 14 heavy (non-hydrogen) atoms. The SMILES string of the molecule is CC(C)OC(C#N)c1ccccc1Cl. The van der Waals surface area contributed by atoms with Crippen molar-refractivity contribution in [1.82, 2.24) is 0 Å². The zero-order valence-corrected chi connectivity index (χ0v) is 8.95. The second-order valence-corrected chi connectivity index (χ2v) is 3.62. The summed E-state index contributed by atoms with van der Waals surface area (Å²) in [5.74, 6) is 0. The van der Waals surface area contributed by atoms with Crippen molar-refractivity contribution in [2.45, 2.75) is 26.1 Å². The molecule has 0 spiro atoms. The van der Waals surface area contributed by atoms with Crippen LogP contribution in [0.1, 0.15) is 25.5 Å². The summed E-state index contributed by atoms with van der Waals surface area (Å²) < 4.78 is 5.42. The molecule has 0 aliphatic heterocycles. The molecule has 0 fully saturated rings. The minimum Gasteiger partial charge on any atom is -0.356 e. The van der Waals surface area contributed by atoms with E-state index in [-0.39, 0.29) is 6.10 Å². The van der Waals surface area contributed by atoms with Gasteiger partial charge in [-0.3, -0.25) is 0 Å². The standard InChI is InChI=1S/C11H12ClNO/c1-8(2)14-11(7-13)9-5-3-4-6-10(9)12/h3-6,8,11H,1-2H3. The second kappa shape index (κ2) is 4.99. The molecule has 3 heteroatoms. The van der Waals surface area contributed by atoms with E-state index >= 15 is 0 Å². The molecule has 0 heterocycles. The highest BCUT2D eigenvalue weighted by atomic mass is 35.5. The van der Waals surface area contributed by atoms with Crippen LogP contribution in [0.5, 0.6) is 0 Å². The summed E-state index contributed by atoms with van der Waals surface area (Å²) >= 11 is 5.95. The van der Waals surface area contributed by atoms with Crippen LogP contribution in [0.15, 0.2) is 24.3 Å². The van der Waals surface area contributed by atoms with Crippen LogP contribution in [0.4, 0.5) is 0 Å². The molecule has 0 N–H and O–H groups in total. The van der Waals surface area contributed by atoms with Gasteiger partial charge in [0.1, 0.15) is 0 Å². The van der Waals surface area contributed by atoms with E-state index in [1.165, 1.54) is 0 Å². The summed E-state index contributed by atoms with van der Waals surface area (Å²) in [5, 5.41) is 9.49. The molecule has 1 aromatic carbocycles. The summed E-state index contributed by atoms with van der Waals surface area (Å²) in [6.07, 6.45) is -0.570. The minimum atomic E-state index is -0.580. The Morgan fingerprint density at radius 3 is 2.50 bits per heavy atom. The number of nitriles is 1. The number of rotatable bonds is 3. The Kier molecular flexibility index (Phi) is 3.94. The smallest absolute Gasteiger partial charge is 0.170 e. The van der Waals surface area contributed by atoms with Gasteiger partial charge in [-0.25, -0.2) is 0 Å². The third-order valence-electron chi connectivity index (χ3n) is 1.71. The van der Waals surface area contributed by atoms with Crippen LogP contribution in [0.3, 0.4) is 0 Å². The molecule has 1 rings (SSSR count). The zero-order valence-electron chi connectivity index (χ0n) is 8.20. The van der Waals surface area contributed by atoms with E-state index in [1.54, 1.807) is 12.1 Å². The Balaban J connectivity index is 2.91. The van der Waals surface area contributed by atoms with Gasteiger partial charge in [0.15, 0.2) is 6.10 Å². The number of ether oxygens (including phenoxy) is 1. The van der Waals surface area contributed by atoms with Crippen LogP contribution in [-0.4, -0.2) is 6.10 Å². The molecular formula is C11H12ClNO. The highest BCUT2D eigenvalue weighted by Crippen LogP contribution is 2.25. The molecule has 0 saturated heterocycles. The van der Waals surface area contributed by atoms with Crippen molar-refractivity contribution in [3.8, 4) is 6.07 Å². The molecule has 0 aliphatic rings. The molecule has 0 aliphatic carbocycles. The zero-order chi connectivity index (χ0) is 10.6. The molecule has 0 amide bonds. The quantitative estimate of drug-likeness (QED) is 0.765. The van der Waals surface area contributed by atoms with Crippen LogP contribution in [0.25, 0.3) is 0 Å². The van der Waals surface area contributed by atoms with Gasteiger partial charge in [0, 0.05) is 10.6 Å². The van der Waals surface area contributed by atoms with Gasteiger partial charge in [0.2, 0.25) is 0 Å². The number of halogens is 1. The van der Waals surface area contributed by atoms with E-state index in [9.17, 15) is 0 Å². The molecule has 74 valence electrons. The van der Waals surface area contributed by atoms with Gasteiger partial charge >= 0.3 is 0 Å². The minimum absolute atomic E-state index is 0.0101. The first kappa shape index (κ1) is 11.0.